The number of amides is 1. The number of rotatable bonds is 5. The van der Waals surface area contributed by atoms with Crippen molar-refractivity contribution in [3.05, 3.63) is 11.6 Å². The van der Waals surface area contributed by atoms with Crippen molar-refractivity contribution in [2.45, 2.75) is 52.9 Å². The zero-order chi connectivity index (χ0) is 14.3. The zero-order valence-electron chi connectivity index (χ0n) is 13.3. The lowest BCUT2D eigenvalue weighted by Crippen LogP contribution is -2.33. The first kappa shape index (κ1) is 14.2. The molecule has 2 nitrogen and oxygen atoms in total. The predicted octanol–water partition coefficient (Wildman–Crippen LogP) is 3.87. The van der Waals surface area contributed by atoms with Crippen LogP contribution < -0.4 is 0 Å². The van der Waals surface area contributed by atoms with Crippen molar-refractivity contribution in [2.24, 2.45) is 29.6 Å². The van der Waals surface area contributed by atoms with Crippen molar-refractivity contribution in [3.63, 3.8) is 0 Å². The number of hydrogen-bond donors (Lipinski definition) is 0. The van der Waals surface area contributed by atoms with Crippen LogP contribution in [0, 0.1) is 29.6 Å². The molecular weight excluding hydrogens is 246 g/mol. The summed E-state index contributed by atoms with van der Waals surface area (Å²) in [6.07, 6.45) is 9.04. The highest BCUT2D eigenvalue weighted by atomic mass is 16.2. The summed E-state index contributed by atoms with van der Waals surface area (Å²) < 4.78 is 0. The molecule has 0 saturated heterocycles. The minimum absolute atomic E-state index is 0.287. The molecule has 0 aromatic heterocycles. The highest BCUT2D eigenvalue weighted by Gasteiger charge is 2.46. The molecule has 0 aromatic carbocycles. The molecule has 20 heavy (non-hydrogen) atoms. The highest BCUT2D eigenvalue weighted by Crippen LogP contribution is 2.51. The molecule has 4 atom stereocenters. The van der Waals surface area contributed by atoms with Crippen LogP contribution in [0.25, 0.3) is 0 Å². The van der Waals surface area contributed by atoms with Crippen LogP contribution in [0.15, 0.2) is 11.6 Å². The first-order chi connectivity index (χ1) is 9.54. The van der Waals surface area contributed by atoms with Gasteiger partial charge < -0.3 is 4.90 Å². The quantitative estimate of drug-likeness (QED) is 0.697. The Hall–Kier alpha value is -0.790. The third kappa shape index (κ3) is 3.27. The maximum absolute atomic E-state index is 11.8. The lowest BCUT2D eigenvalue weighted by molar-refractivity contribution is -0.129. The van der Waals surface area contributed by atoms with Gasteiger partial charge in [-0.1, -0.05) is 18.6 Å². The van der Waals surface area contributed by atoms with E-state index in [0.717, 1.165) is 42.7 Å². The summed E-state index contributed by atoms with van der Waals surface area (Å²) in [7, 11) is 0. The fourth-order valence-corrected chi connectivity index (χ4v) is 4.14. The molecular formula is C18H29NO. The molecule has 2 fully saturated rings. The maximum atomic E-state index is 11.8. The SMILES string of the molecule is CC(=O)N(CC1CC1)CC1CC1C1CC=C(C)CC1C. The monoisotopic (exact) mass is 275 g/mol. The lowest BCUT2D eigenvalue weighted by Gasteiger charge is -2.29. The van der Waals surface area contributed by atoms with Crippen molar-refractivity contribution in [2.75, 3.05) is 13.1 Å². The average molecular weight is 275 g/mol. The van der Waals surface area contributed by atoms with E-state index in [9.17, 15) is 4.79 Å². The van der Waals surface area contributed by atoms with E-state index in [1.54, 1.807) is 12.5 Å². The van der Waals surface area contributed by atoms with Gasteiger partial charge in [0.1, 0.15) is 0 Å². The van der Waals surface area contributed by atoms with Gasteiger partial charge in [-0.2, -0.15) is 0 Å². The van der Waals surface area contributed by atoms with Crippen molar-refractivity contribution in [3.8, 4) is 0 Å². The Morgan fingerprint density at radius 3 is 2.65 bits per heavy atom. The van der Waals surface area contributed by atoms with Crippen LogP contribution in [-0.4, -0.2) is 23.9 Å². The molecule has 112 valence electrons. The minimum atomic E-state index is 0.287. The van der Waals surface area contributed by atoms with E-state index in [2.05, 4.69) is 24.8 Å². The Morgan fingerprint density at radius 2 is 2.05 bits per heavy atom. The van der Waals surface area contributed by atoms with Crippen molar-refractivity contribution in [1.29, 1.82) is 0 Å². The van der Waals surface area contributed by atoms with Gasteiger partial charge in [0, 0.05) is 20.0 Å². The summed E-state index contributed by atoms with van der Waals surface area (Å²) >= 11 is 0. The van der Waals surface area contributed by atoms with Crippen LogP contribution in [0.2, 0.25) is 0 Å². The molecule has 2 saturated carbocycles. The Bertz CT molecular complexity index is 410. The molecule has 0 aromatic rings. The van der Waals surface area contributed by atoms with Gasteiger partial charge in [0.2, 0.25) is 5.91 Å². The molecule has 0 heterocycles. The summed E-state index contributed by atoms with van der Waals surface area (Å²) in [4.78, 5) is 13.9. The van der Waals surface area contributed by atoms with Gasteiger partial charge in [0.25, 0.3) is 0 Å². The van der Waals surface area contributed by atoms with Crippen LogP contribution >= 0.6 is 0 Å². The van der Waals surface area contributed by atoms with Crippen molar-refractivity contribution >= 4 is 5.91 Å². The first-order valence-corrected chi connectivity index (χ1v) is 8.45. The van der Waals surface area contributed by atoms with Gasteiger partial charge >= 0.3 is 0 Å². The van der Waals surface area contributed by atoms with Crippen molar-refractivity contribution < 1.29 is 4.79 Å². The van der Waals surface area contributed by atoms with E-state index in [0.29, 0.717) is 0 Å². The summed E-state index contributed by atoms with van der Waals surface area (Å²) in [6, 6.07) is 0. The van der Waals surface area contributed by atoms with Crippen LogP contribution in [0.4, 0.5) is 0 Å². The van der Waals surface area contributed by atoms with E-state index >= 15 is 0 Å². The number of carbonyl (C=O) groups excluding carboxylic acids is 1. The first-order valence-electron chi connectivity index (χ1n) is 8.45. The second-order valence-corrected chi connectivity index (χ2v) is 7.66. The van der Waals surface area contributed by atoms with E-state index in [1.165, 1.54) is 32.1 Å². The number of allylic oxidation sites excluding steroid dienone is 2. The van der Waals surface area contributed by atoms with Gasteiger partial charge in [-0.25, -0.2) is 0 Å². The molecule has 0 N–H and O–H groups in total. The molecule has 0 spiro atoms. The topological polar surface area (TPSA) is 20.3 Å². The smallest absolute Gasteiger partial charge is 0.219 e. The fraction of sp³-hybridized carbons (Fsp3) is 0.833. The Morgan fingerprint density at radius 1 is 1.30 bits per heavy atom. The number of nitrogens with zero attached hydrogens (tertiary/aromatic N) is 1. The second kappa shape index (κ2) is 5.54. The van der Waals surface area contributed by atoms with Crippen LogP contribution in [0.5, 0.6) is 0 Å². The lowest BCUT2D eigenvalue weighted by atomic mass is 9.78. The molecule has 3 aliphatic carbocycles. The Labute approximate surface area is 123 Å². The predicted molar refractivity (Wildman–Crippen MR) is 82.2 cm³/mol. The van der Waals surface area contributed by atoms with Gasteiger partial charge in [0.15, 0.2) is 0 Å². The molecule has 0 radical (unpaired) electrons. The van der Waals surface area contributed by atoms with E-state index in [1.807, 2.05) is 0 Å². The largest absolute Gasteiger partial charge is 0.342 e. The normalized spacial score (nSPS) is 36.5. The maximum Gasteiger partial charge on any atom is 0.219 e. The second-order valence-electron chi connectivity index (χ2n) is 7.66. The molecule has 3 rings (SSSR count). The van der Waals surface area contributed by atoms with Gasteiger partial charge in [-0.05, 0) is 68.6 Å². The van der Waals surface area contributed by atoms with Gasteiger partial charge in [-0.3, -0.25) is 4.79 Å². The molecule has 0 bridgehead atoms. The highest BCUT2D eigenvalue weighted by molar-refractivity contribution is 5.73. The summed E-state index contributed by atoms with van der Waals surface area (Å²) in [5.41, 5.74) is 1.57. The Kier molecular flexibility index (Phi) is 3.92. The van der Waals surface area contributed by atoms with Crippen LogP contribution in [0.3, 0.4) is 0 Å². The molecule has 3 aliphatic rings. The molecule has 2 heteroatoms. The number of hydrogen-bond acceptors (Lipinski definition) is 1. The molecule has 1 amide bonds. The van der Waals surface area contributed by atoms with Crippen LogP contribution in [0.1, 0.15) is 52.9 Å². The summed E-state index contributed by atoms with van der Waals surface area (Å²) in [5.74, 6) is 4.49. The third-order valence-corrected chi connectivity index (χ3v) is 5.72. The summed E-state index contributed by atoms with van der Waals surface area (Å²) in [6.45, 7) is 8.49. The van der Waals surface area contributed by atoms with E-state index in [4.69, 9.17) is 0 Å². The zero-order valence-corrected chi connectivity index (χ0v) is 13.3. The van der Waals surface area contributed by atoms with E-state index < -0.39 is 0 Å². The standard InChI is InChI=1S/C18H29NO/c1-12-4-7-17(13(2)8-12)18-9-16(18)11-19(14(3)20)10-15-5-6-15/h4,13,15-18H,5-11H2,1-3H3. The Balaban J connectivity index is 1.51. The third-order valence-electron chi connectivity index (χ3n) is 5.72. The molecule has 0 aliphatic heterocycles. The minimum Gasteiger partial charge on any atom is -0.342 e. The van der Waals surface area contributed by atoms with Crippen LogP contribution in [-0.2, 0) is 4.79 Å². The van der Waals surface area contributed by atoms with Gasteiger partial charge in [0.05, 0.1) is 0 Å². The molecule has 4 unspecified atom stereocenters. The average Bonchev–Trinajstić information content (AvgIpc) is 3.25. The fourth-order valence-electron chi connectivity index (χ4n) is 4.14. The van der Waals surface area contributed by atoms with E-state index in [-0.39, 0.29) is 5.91 Å². The summed E-state index contributed by atoms with van der Waals surface area (Å²) in [5, 5.41) is 0. The van der Waals surface area contributed by atoms with Gasteiger partial charge in [-0.15, -0.1) is 0 Å². The number of carbonyl (C=O) groups is 1. The van der Waals surface area contributed by atoms with Crippen molar-refractivity contribution in [1.82, 2.24) is 4.90 Å².